The molecule has 0 saturated carbocycles. The molecule has 0 atom stereocenters. The van der Waals surface area contributed by atoms with Crippen molar-refractivity contribution in [1.82, 2.24) is 15.1 Å². The van der Waals surface area contributed by atoms with Crippen LogP contribution in [-0.4, -0.2) is 29.3 Å². The Morgan fingerprint density at radius 2 is 2.32 bits per heavy atom. The summed E-state index contributed by atoms with van der Waals surface area (Å²) in [5.74, 6) is 0.334. The van der Waals surface area contributed by atoms with Crippen molar-refractivity contribution in [2.24, 2.45) is 7.05 Å². The zero-order chi connectivity index (χ0) is 15.7. The van der Waals surface area contributed by atoms with Gasteiger partial charge in [-0.05, 0) is 18.2 Å². The number of anilines is 1. The van der Waals surface area contributed by atoms with Crippen LogP contribution < -0.4 is 15.4 Å². The van der Waals surface area contributed by atoms with Gasteiger partial charge < -0.3 is 15.4 Å². The van der Waals surface area contributed by atoms with Crippen LogP contribution in [0.4, 0.5) is 5.69 Å². The van der Waals surface area contributed by atoms with Crippen LogP contribution in [0.15, 0.2) is 18.2 Å². The molecule has 0 radical (unpaired) electrons. The van der Waals surface area contributed by atoms with Crippen LogP contribution >= 0.6 is 11.6 Å². The maximum absolute atomic E-state index is 12.5. The monoisotopic (exact) mass is 320 g/mol. The topological polar surface area (TPSA) is 68.2 Å². The molecule has 2 N–H and O–H groups in total. The first kappa shape index (κ1) is 14.9. The second-order valence-corrected chi connectivity index (χ2v) is 5.53. The lowest BCUT2D eigenvalue weighted by molar-refractivity contribution is 0.102. The van der Waals surface area contributed by atoms with E-state index in [2.05, 4.69) is 15.7 Å². The maximum Gasteiger partial charge on any atom is 0.276 e. The summed E-state index contributed by atoms with van der Waals surface area (Å²) < 4.78 is 6.88. The first-order chi connectivity index (χ1) is 10.6. The maximum atomic E-state index is 12.5. The Morgan fingerprint density at radius 3 is 3.05 bits per heavy atom. The minimum atomic E-state index is -0.234. The third kappa shape index (κ3) is 2.67. The zero-order valence-electron chi connectivity index (χ0n) is 12.4. The summed E-state index contributed by atoms with van der Waals surface area (Å²) in [7, 11) is 3.41. The first-order valence-electron chi connectivity index (χ1n) is 7.00. The van der Waals surface area contributed by atoms with E-state index >= 15 is 0 Å². The van der Waals surface area contributed by atoms with Gasteiger partial charge in [0.2, 0.25) is 0 Å². The molecule has 1 aromatic heterocycles. The molecule has 0 fully saturated rings. The zero-order valence-corrected chi connectivity index (χ0v) is 13.2. The van der Waals surface area contributed by atoms with Crippen LogP contribution in [0, 0.1) is 0 Å². The number of ether oxygens (including phenoxy) is 1. The van der Waals surface area contributed by atoms with Crippen molar-refractivity contribution in [3.63, 3.8) is 0 Å². The number of aryl methyl sites for hydroxylation is 1. The predicted molar refractivity (Wildman–Crippen MR) is 84.6 cm³/mol. The molecule has 0 aliphatic carbocycles. The van der Waals surface area contributed by atoms with Gasteiger partial charge in [-0.1, -0.05) is 11.6 Å². The van der Waals surface area contributed by atoms with E-state index in [1.165, 1.54) is 0 Å². The molecule has 0 spiro atoms. The Balaban J connectivity index is 1.85. The second kappa shape index (κ2) is 5.98. The van der Waals surface area contributed by atoms with Gasteiger partial charge in [0.05, 0.1) is 12.1 Å². The summed E-state index contributed by atoms with van der Waals surface area (Å²) in [5.41, 5.74) is 3.14. The van der Waals surface area contributed by atoms with Crippen LogP contribution in [0.5, 0.6) is 5.75 Å². The van der Waals surface area contributed by atoms with E-state index in [9.17, 15) is 4.79 Å². The average molecular weight is 321 g/mol. The van der Waals surface area contributed by atoms with Crippen molar-refractivity contribution in [3.8, 4) is 5.75 Å². The van der Waals surface area contributed by atoms with Gasteiger partial charge in [-0.25, -0.2) is 0 Å². The standard InChI is InChI=1S/C15H17ClN4O2/c1-20-12-5-6-17-8-10(12)14(19-20)15(21)18-9-3-4-13(22-2)11(16)7-9/h3-4,7,17H,5-6,8H2,1-2H3,(H,18,21). The molecule has 2 heterocycles. The van der Waals surface area contributed by atoms with E-state index in [1.807, 2.05) is 7.05 Å². The lowest BCUT2D eigenvalue weighted by Gasteiger charge is -2.14. The number of halogens is 1. The SMILES string of the molecule is COc1ccc(NC(=O)c2nn(C)c3c2CNCC3)cc1Cl. The molecule has 6 nitrogen and oxygen atoms in total. The van der Waals surface area contributed by atoms with Gasteiger partial charge in [-0.3, -0.25) is 9.48 Å². The summed E-state index contributed by atoms with van der Waals surface area (Å²) in [4.78, 5) is 12.5. The lowest BCUT2D eigenvalue weighted by atomic mass is 10.1. The highest BCUT2D eigenvalue weighted by Gasteiger charge is 2.23. The van der Waals surface area contributed by atoms with Gasteiger partial charge in [0, 0.05) is 43.5 Å². The van der Waals surface area contributed by atoms with E-state index < -0.39 is 0 Å². The fourth-order valence-corrected chi connectivity index (χ4v) is 2.90. The third-order valence-electron chi connectivity index (χ3n) is 3.74. The fraction of sp³-hybridized carbons (Fsp3) is 0.333. The Labute approximate surface area is 133 Å². The summed E-state index contributed by atoms with van der Waals surface area (Å²) in [6.07, 6.45) is 0.875. The number of nitrogens with zero attached hydrogens (tertiary/aromatic N) is 2. The van der Waals surface area contributed by atoms with Crippen molar-refractivity contribution in [2.45, 2.75) is 13.0 Å². The van der Waals surface area contributed by atoms with Gasteiger partial charge >= 0.3 is 0 Å². The predicted octanol–water partition coefficient (Wildman–Crippen LogP) is 1.98. The van der Waals surface area contributed by atoms with Crippen molar-refractivity contribution in [1.29, 1.82) is 0 Å². The minimum absolute atomic E-state index is 0.234. The smallest absolute Gasteiger partial charge is 0.276 e. The van der Waals surface area contributed by atoms with E-state index in [0.29, 0.717) is 28.7 Å². The number of methoxy groups -OCH3 is 1. The molecule has 1 aliphatic heterocycles. The lowest BCUT2D eigenvalue weighted by Crippen LogP contribution is -2.26. The number of hydrogen-bond donors (Lipinski definition) is 2. The minimum Gasteiger partial charge on any atom is -0.495 e. The molecule has 1 amide bonds. The highest BCUT2D eigenvalue weighted by molar-refractivity contribution is 6.32. The molecule has 1 aromatic carbocycles. The van der Waals surface area contributed by atoms with Crippen LogP contribution in [0.1, 0.15) is 21.7 Å². The van der Waals surface area contributed by atoms with Gasteiger partial charge in [0.15, 0.2) is 5.69 Å². The summed E-state index contributed by atoms with van der Waals surface area (Å²) in [5, 5.41) is 10.9. The number of carbonyl (C=O) groups excluding carboxylic acids is 1. The quantitative estimate of drug-likeness (QED) is 0.907. The van der Waals surface area contributed by atoms with Gasteiger partial charge in [-0.15, -0.1) is 0 Å². The van der Waals surface area contributed by atoms with Gasteiger partial charge in [-0.2, -0.15) is 5.10 Å². The molecule has 2 aromatic rings. The van der Waals surface area contributed by atoms with Crippen LogP contribution in [0.25, 0.3) is 0 Å². The number of fused-ring (bicyclic) bond motifs is 1. The number of hydrogen-bond acceptors (Lipinski definition) is 4. The molecule has 0 unspecified atom stereocenters. The molecule has 0 bridgehead atoms. The highest BCUT2D eigenvalue weighted by atomic mass is 35.5. The van der Waals surface area contributed by atoms with Gasteiger partial charge in [0.25, 0.3) is 5.91 Å². The van der Waals surface area contributed by atoms with Crippen LogP contribution in [0.2, 0.25) is 5.02 Å². The molecule has 116 valence electrons. The number of nitrogens with one attached hydrogen (secondary N) is 2. The van der Waals surface area contributed by atoms with Crippen molar-refractivity contribution < 1.29 is 9.53 Å². The first-order valence-corrected chi connectivity index (χ1v) is 7.38. The van der Waals surface area contributed by atoms with Crippen molar-refractivity contribution in [2.75, 3.05) is 19.0 Å². The molecule has 22 heavy (non-hydrogen) atoms. The third-order valence-corrected chi connectivity index (χ3v) is 4.04. The molecule has 3 rings (SSSR count). The molecule has 7 heteroatoms. The van der Waals surface area contributed by atoms with E-state index in [4.69, 9.17) is 16.3 Å². The molecule has 1 aliphatic rings. The highest BCUT2D eigenvalue weighted by Crippen LogP contribution is 2.27. The Morgan fingerprint density at radius 1 is 1.50 bits per heavy atom. The van der Waals surface area contributed by atoms with Crippen LogP contribution in [0.3, 0.4) is 0 Å². The number of rotatable bonds is 3. The van der Waals surface area contributed by atoms with Crippen molar-refractivity contribution in [3.05, 3.63) is 40.2 Å². The summed E-state index contributed by atoms with van der Waals surface area (Å²) >= 11 is 6.07. The average Bonchev–Trinajstić information content (AvgIpc) is 2.85. The summed E-state index contributed by atoms with van der Waals surface area (Å²) in [6, 6.07) is 5.12. The van der Waals surface area contributed by atoms with Crippen LogP contribution in [-0.2, 0) is 20.0 Å². The fourth-order valence-electron chi connectivity index (χ4n) is 2.64. The molecule has 0 saturated heterocycles. The number of carbonyl (C=O) groups is 1. The molecular weight excluding hydrogens is 304 g/mol. The Hall–Kier alpha value is -2.05. The van der Waals surface area contributed by atoms with Gasteiger partial charge in [0.1, 0.15) is 5.75 Å². The summed E-state index contributed by atoms with van der Waals surface area (Å²) in [6.45, 7) is 1.57. The Bertz CT molecular complexity index is 727. The van der Waals surface area contributed by atoms with Crippen molar-refractivity contribution >= 4 is 23.2 Å². The normalized spacial score (nSPS) is 13.6. The number of benzene rings is 1. The van der Waals surface area contributed by atoms with E-state index in [1.54, 1.807) is 30.0 Å². The van der Waals surface area contributed by atoms with E-state index in [0.717, 1.165) is 24.2 Å². The Kier molecular flexibility index (Phi) is 4.04. The van der Waals surface area contributed by atoms with E-state index in [-0.39, 0.29) is 5.91 Å². The number of amides is 1. The second-order valence-electron chi connectivity index (χ2n) is 5.13. The largest absolute Gasteiger partial charge is 0.495 e. The number of aromatic nitrogens is 2. The molecular formula is C15H17ClN4O2.